The number of hydrazone groups is 1. The number of nitrogens with one attached hydrogen (secondary N) is 1. The minimum atomic E-state index is 0.706. The Kier molecular flexibility index (Phi) is 3.88. The number of hydrogen-bond donors (Lipinski definition) is 1. The zero-order valence-corrected chi connectivity index (χ0v) is 11.0. The van der Waals surface area contributed by atoms with Crippen molar-refractivity contribution in [3.05, 3.63) is 58.2 Å². The maximum absolute atomic E-state index is 4.17. The van der Waals surface area contributed by atoms with Gasteiger partial charge in [-0.25, -0.2) is 4.98 Å². The standard InChI is InChI=1S/C13H12BrN3/c1-10-5-2-3-6-11(10)9-16-17-13-12(14)7-4-8-15-13/h2-9H,1H3,(H,15,17)/b16-9+. The SMILES string of the molecule is Cc1ccccc1/C=N/Nc1ncccc1Br. The van der Waals surface area contributed by atoms with E-state index < -0.39 is 0 Å². The number of anilines is 1. The van der Waals surface area contributed by atoms with Gasteiger partial charge in [0.2, 0.25) is 0 Å². The lowest BCUT2D eigenvalue weighted by molar-refractivity contribution is 1.21. The van der Waals surface area contributed by atoms with E-state index in [9.17, 15) is 0 Å². The fourth-order valence-corrected chi connectivity index (χ4v) is 1.71. The number of aryl methyl sites for hydroxylation is 1. The molecule has 0 aliphatic heterocycles. The summed E-state index contributed by atoms with van der Waals surface area (Å²) < 4.78 is 0.891. The van der Waals surface area contributed by atoms with Crippen LogP contribution in [0.25, 0.3) is 0 Å². The lowest BCUT2D eigenvalue weighted by Crippen LogP contribution is -1.95. The van der Waals surface area contributed by atoms with Gasteiger partial charge in [0.15, 0.2) is 5.82 Å². The second kappa shape index (κ2) is 5.59. The summed E-state index contributed by atoms with van der Waals surface area (Å²) in [5.74, 6) is 0.706. The lowest BCUT2D eigenvalue weighted by Gasteiger charge is -2.01. The molecule has 1 heterocycles. The Hall–Kier alpha value is -1.68. The van der Waals surface area contributed by atoms with Gasteiger partial charge in [0.05, 0.1) is 10.7 Å². The molecule has 1 aromatic carbocycles. The van der Waals surface area contributed by atoms with Crippen molar-refractivity contribution in [2.45, 2.75) is 6.92 Å². The summed E-state index contributed by atoms with van der Waals surface area (Å²) in [7, 11) is 0. The Morgan fingerprint density at radius 3 is 2.82 bits per heavy atom. The Bertz CT molecular complexity index is 538. The molecule has 0 radical (unpaired) electrons. The lowest BCUT2D eigenvalue weighted by atomic mass is 10.1. The number of aromatic nitrogens is 1. The summed E-state index contributed by atoms with van der Waals surface area (Å²) in [4.78, 5) is 4.16. The molecule has 86 valence electrons. The van der Waals surface area contributed by atoms with Gasteiger partial charge in [-0.3, -0.25) is 5.43 Å². The summed E-state index contributed by atoms with van der Waals surface area (Å²) in [5.41, 5.74) is 5.18. The summed E-state index contributed by atoms with van der Waals surface area (Å²) in [6.45, 7) is 2.05. The molecule has 0 aliphatic rings. The van der Waals surface area contributed by atoms with Crippen LogP contribution in [0.4, 0.5) is 5.82 Å². The molecule has 17 heavy (non-hydrogen) atoms. The van der Waals surface area contributed by atoms with Gasteiger partial charge in [-0.15, -0.1) is 0 Å². The van der Waals surface area contributed by atoms with Gasteiger partial charge < -0.3 is 0 Å². The highest BCUT2D eigenvalue weighted by atomic mass is 79.9. The van der Waals surface area contributed by atoms with E-state index in [4.69, 9.17) is 0 Å². The first kappa shape index (κ1) is 11.8. The van der Waals surface area contributed by atoms with E-state index in [1.54, 1.807) is 12.4 Å². The van der Waals surface area contributed by atoms with E-state index in [0.29, 0.717) is 5.82 Å². The van der Waals surface area contributed by atoms with Crippen molar-refractivity contribution in [1.29, 1.82) is 0 Å². The Morgan fingerprint density at radius 2 is 2.06 bits per heavy atom. The average molecular weight is 290 g/mol. The first-order valence-electron chi connectivity index (χ1n) is 5.22. The highest BCUT2D eigenvalue weighted by Crippen LogP contribution is 2.17. The molecule has 1 aromatic heterocycles. The van der Waals surface area contributed by atoms with Crippen molar-refractivity contribution in [1.82, 2.24) is 4.98 Å². The molecule has 0 fully saturated rings. The summed E-state index contributed by atoms with van der Waals surface area (Å²) in [6, 6.07) is 11.9. The largest absolute Gasteiger partial charge is 0.260 e. The molecule has 0 unspecified atom stereocenters. The van der Waals surface area contributed by atoms with E-state index in [-0.39, 0.29) is 0 Å². The van der Waals surface area contributed by atoms with Gasteiger partial charge in [-0.05, 0) is 46.1 Å². The van der Waals surface area contributed by atoms with E-state index in [2.05, 4.69) is 44.4 Å². The molecule has 4 heteroatoms. The summed E-state index contributed by atoms with van der Waals surface area (Å²) in [6.07, 6.45) is 3.51. The molecule has 0 saturated heterocycles. The van der Waals surface area contributed by atoms with Gasteiger partial charge in [0.1, 0.15) is 0 Å². The topological polar surface area (TPSA) is 37.3 Å². The molecule has 2 rings (SSSR count). The molecule has 3 nitrogen and oxygen atoms in total. The van der Waals surface area contributed by atoms with E-state index >= 15 is 0 Å². The molecule has 2 aromatic rings. The fraction of sp³-hybridized carbons (Fsp3) is 0.0769. The molecule has 0 atom stereocenters. The minimum Gasteiger partial charge on any atom is -0.260 e. The van der Waals surface area contributed by atoms with Crippen molar-refractivity contribution in [3.63, 3.8) is 0 Å². The predicted molar refractivity (Wildman–Crippen MR) is 74.3 cm³/mol. The van der Waals surface area contributed by atoms with Crippen molar-refractivity contribution in [2.75, 3.05) is 5.43 Å². The number of benzene rings is 1. The van der Waals surface area contributed by atoms with Crippen LogP contribution in [0.2, 0.25) is 0 Å². The third kappa shape index (κ3) is 3.14. The highest BCUT2D eigenvalue weighted by molar-refractivity contribution is 9.10. The van der Waals surface area contributed by atoms with Crippen LogP contribution in [0.5, 0.6) is 0 Å². The number of pyridine rings is 1. The monoisotopic (exact) mass is 289 g/mol. The Balaban J connectivity index is 2.09. The van der Waals surface area contributed by atoms with Crippen LogP contribution in [0.3, 0.4) is 0 Å². The minimum absolute atomic E-state index is 0.706. The molecular formula is C13H12BrN3. The highest BCUT2D eigenvalue weighted by Gasteiger charge is 1.96. The zero-order chi connectivity index (χ0) is 12.1. The number of halogens is 1. The van der Waals surface area contributed by atoms with Crippen LogP contribution < -0.4 is 5.43 Å². The predicted octanol–water partition coefficient (Wildman–Crippen LogP) is 3.60. The van der Waals surface area contributed by atoms with E-state index in [1.165, 1.54) is 5.56 Å². The molecule has 0 amide bonds. The van der Waals surface area contributed by atoms with Gasteiger partial charge in [-0.1, -0.05) is 24.3 Å². The van der Waals surface area contributed by atoms with Crippen molar-refractivity contribution >= 4 is 28.0 Å². The summed E-state index contributed by atoms with van der Waals surface area (Å²) >= 11 is 3.40. The molecule has 1 N–H and O–H groups in total. The number of rotatable bonds is 3. The second-order valence-electron chi connectivity index (χ2n) is 3.56. The second-order valence-corrected chi connectivity index (χ2v) is 4.41. The number of hydrogen-bond acceptors (Lipinski definition) is 3. The van der Waals surface area contributed by atoms with E-state index in [1.807, 2.05) is 30.3 Å². The van der Waals surface area contributed by atoms with Gasteiger partial charge in [0, 0.05) is 6.20 Å². The third-order valence-corrected chi connectivity index (χ3v) is 2.96. The fourth-order valence-electron chi connectivity index (χ4n) is 1.36. The number of nitrogens with zero attached hydrogens (tertiary/aromatic N) is 2. The Morgan fingerprint density at radius 1 is 1.24 bits per heavy atom. The van der Waals surface area contributed by atoms with Gasteiger partial charge in [-0.2, -0.15) is 5.10 Å². The normalized spacial score (nSPS) is 10.7. The zero-order valence-electron chi connectivity index (χ0n) is 9.39. The maximum atomic E-state index is 4.17. The average Bonchev–Trinajstić information content (AvgIpc) is 2.34. The molecule has 0 aliphatic carbocycles. The van der Waals surface area contributed by atoms with Crippen molar-refractivity contribution in [2.24, 2.45) is 5.10 Å². The Labute approximate surface area is 109 Å². The van der Waals surface area contributed by atoms with Crippen molar-refractivity contribution in [3.8, 4) is 0 Å². The third-order valence-electron chi connectivity index (χ3n) is 2.32. The summed E-state index contributed by atoms with van der Waals surface area (Å²) in [5, 5.41) is 4.17. The van der Waals surface area contributed by atoms with Crippen LogP contribution in [0.15, 0.2) is 52.2 Å². The smallest absolute Gasteiger partial charge is 0.160 e. The van der Waals surface area contributed by atoms with Crippen LogP contribution in [-0.4, -0.2) is 11.2 Å². The van der Waals surface area contributed by atoms with Crippen LogP contribution in [0, 0.1) is 6.92 Å². The van der Waals surface area contributed by atoms with Gasteiger partial charge in [0.25, 0.3) is 0 Å². The first-order chi connectivity index (χ1) is 8.27. The molecule has 0 bridgehead atoms. The van der Waals surface area contributed by atoms with E-state index in [0.717, 1.165) is 10.0 Å². The first-order valence-corrected chi connectivity index (χ1v) is 6.02. The molecular weight excluding hydrogens is 278 g/mol. The quantitative estimate of drug-likeness (QED) is 0.692. The maximum Gasteiger partial charge on any atom is 0.160 e. The van der Waals surface area contributed by atoms with Crippen LogP contribution in [-0.2, 0) is 0 Å². The van der Waals surface area contributed by atoms with Crippen LogP contribution >= 0.6 is 15.9 Å². The van der Waals surface area contributed by atoms with Crippen LogP contribution in [0.1, 0.15) is 11.1 Å². The van der Waals surface area contributed by atoms with Crippen molar-refractivity contribution < 1.29 is 0 Å². The van der Waals surface area contributed by atoms with Gasteiger partial charge >= 0.3 is 0 Å². The molecule has 0 saturated carbocycles. The molecule has 0 spiro atoms.